The zero-order chi connectivity index (χ0) is 19.6. The largest absolute Gasteiger partial charge is 0.462 e. The smallest absolute Gasteiger partial charge is 0.341 e. The van der Waals surface area contributed by atoms with Crippen LogP contribution in [-0.2, 0) is 17.7 Å². The summed E-state index contributed by atoms with van der Waals surface area (Å²) >= 11 is 1.51. The Morgan fingerprint density at radius 3 is 2.70 bits per heavy atom. The van der Waals surface area contributed by atoms with Gasteiger partial charge in [-0.2, -0.15) is 0 Å². The lowest BCUT2D eigenvalue weighted by Gasteiger charge is -2.22. The molecular weight excluding hydrogens is 360 g/mol. The summed E-state index contributed by atoms with van der Waals surface area (Å²) in [6.45, 7) is 11.2. The Labute approximate surface area is 164 Å². The summed E-state index contributed by atoms with van der Waals surface area (Å²) in [4.78, 5) is 28.1. The van der Waals surface area contributed by atoms with E-state index in [-0.39, 0.29) is 11.9 Å². The van der Waals surface area contributed by atoms with E-state index in [0.29, 0.717) is 22.7 Å². The number of carbonyl (C=O) groups is 2. The molecule has 27 heavy (non-hydrogen) atoms. The van der Waals surface area contributed by atoms with E-state index in [4.69, 9.17) is 4.74 Å². The maximum Gasteiger partial charge on any atom is 0.341 e. The highest BCUT2D eigenvalue weighted by Gasteiger charge is 2.31. The van der Waals surface area contributed by atoms with Crippen molar-refractivity contribution in [2.75, 3.05) is 25.0 Å². The summed E-state index contributed by atoms with van der Waals surface area (Å²) in [5, 5.41) is 3.60. The third kappa shape index (κ3) is 4.06. The van der Waals surface area contributed by atoms with Gasteiger partial charge >= 0.3 is 5.97 Å². The zero-order valence-corrected chi connectivity index (χ0v) is 17.2. The van der Waals surface area contributed by atoms with Crippen LogP contribution in [0.2, 0.25) is 0 Å². The van der Waals surface area contributed by atoms with Crippen LogP contribution in [0.15, 0.2) is 18.2 Å². The SMILES string of the molecule is CCOC(=O)c1c(NC(=O)c2ccc(C)cc2C)sc2c1CC[NH+](CC)C2. The average molecular weight is 388 g/mol. The van der Waals surface area contributed by atoms with Crippen LogP contribution >= 0.6 is 11.3 Å². The van der Waals surface area contributed by atoms with E-state index in [9.17, 15) is 9.59 Å². The molecule has 2 N–H and O–H groups in total. The second-order valence-electron chi connectivity index (χ2n) is 6.98. The van der Waals surface area contributed by atoms with Crippen molar-refractivity contribution in [3.05, 3.63) is 50.9 Å². The molecule has 1 aromatic carbocycles. The summed E-state index contributed by atoms with van der Waals surface area (Å²) in [7, 11) is 0. The lowest BCUT2D eigenvalue weighted by molar-refractivity contribution is -0.913. The van der Waals surface area contributed by atoms with Crippen LogP contribution in [0.3, 0.4) is 0 Å². The van der Waals surface area contributed by atoms with Crippen molar-refractivity contribution < 1.29 is 19.2 Å². The number of aryl methyl sites for hydroxylation is 2. The molecule has 0 bridgehead atoms. The van der Waals surface area contributed by atoms with Crippen LogP contribution in [0, 0.1) is 13.8 Å². The number of thiophene rings is 1. The molecule has 3 rings (SSSR count). The normalized spacial score (nSPS) is 15.9. The molecule has 1 unspecified atom stereocenters. The van der Waals surface area contributed by atoms with Gasteiger partial charge in [-0.15, -0.1) is 11.3 Å². The van der Waals surface area contributed by atoms with E-state index in [2.05, 4.69) is 12.2 Å². The third-order valence-corrected chi connectivity index (χ3v) is 6.21. The predicted octanol–water partition coefficient (Wildman–Crippen LogP) is 2.75. The summed E-state index contributed by atoms with van der Waals surface area (Å²) in [6, 6.07) is 5.75. The van der Waals surface area contributed by atoms with E-state index in [1.807, 2.05) is 32.0 Å². The molecule has 0 aliphatic carbocycles. The Kier molecular flexibility index (Phi) is 5.97. The number of hydrogen-bond donors (Lipinski definition) is 2. The van der Waals surface area contributed by atoms with E-state index >= 15 is 0 Å². The second-order valence-corrected chi connectivity index (χ2v) is 8.09. The minimum atomic E-state index is -0.342. The lowest BCUT2D eigenvalue weighted by Crippen LogP contribution is -3.11. The number of quaternary nitrogens is 1. The van der Waals surface area contributed by atoms with E-state index in [0.717, 1.165) is 42.7 Å². The van der Waals surface area contributed by atoms with Crippen LogP contribution in [0.25, 0.3) is 0 Å². The van der Waals surface area contributed by atoms with Gasteiger partial charge in [0.15, 0.2) is 0 Å². The molecule has 5 nitrogen and oxygen atoms in total. The van der Waals surface area contributed by atoms with Crippen molar-refractivity contribution in [2.24, 2.45) is 0 Å². The van der Waals surface area contributed by atoms with Gasteiger partial charge in [0.1, 0.15) is 11.5 Å². The number of hydrogen-bond acceptors (Lipinski definition) is 4. The number of ether oxygens (including phenoxy) is 1. The van der Waals surface area contributed by atoms with E-state index in [1.54, 1.807) is 6.92 Å². The molecule has 1 atom stereocenters. The fourth-order valence-electron chi connectivity index (χ4n) is 3.58. The number of carbonyl (C=O) groups excluding carboxylic acids is 2. The quantitative estimate of drug-likeness (QED) is 0.776. The second kappa shape index (κ2) is 8.23. The number of nitrogens with one attached hydrogen (secondary N) is 2. The van der Waals surface area contributed by atoms with Gasteiger partial charge in [-0.05, 0) is 44.9 Å². The summed E-state index contributed by atoms with van der Waals surface area (Å²) in [5.41, 5.74) is 4.26. The number of rotatable bonds is 5. The third-order valence-electron chi connectivity index (χ3n) is 5.06. The number of fused-ring (bicyclic) bond motifs is 1. The Hall–Kier alpha value is -2.18. The molecule has 144 valence electrons. The van der Waals surface area contributed by atoms with E-state index in [1.165, 1.54) is 21.1 Å². The standard InChI is InChI=1S/C21H26N2O3S/c1-5-23-10-9-16-17(12-23)27-20(18(16)21(25)26-6-2)22-19(24)15-8-7-13(3)11-14(15)4/h7-8,11H,5-6,9-10,12H2,1-4H3,(H,22,24)/p+1. The first-order valence-electron chi connectivity index (χ1n) is 9.48. The molecule has 1 amide bonds. The minimum absolute atomic E-state index is 0.184. The van der Waals surface area contributed by atoms with Crippen LogP contribution in [0.4, 0.5) is 5.00 Å². The molecule has 0 radical (unpaired) electrons. The monoisotopic (exact) mass is 387 g/mol. The molecule has 1 aliphatic heterocycles. The number of anilines is 1. The highest BCUT2D eigenvalue weighted by Crippen LogP contribution is 2.35. The number of amides is 1. The Bertz CT molecular complexity index is 873. The van der Waals surface area contributed by atoms with Crippen molar-refractivity contribution >= 4 is 28.2 Å². The van der Waals surface area contributed by atoms with Crippen molar-refractivity contribution in [3.63, 3.8) is 0 Å². The van der Waals surface area contributed by atoms with Gasteiger partial charge < -0.3 is 15.0 Å². The molecule has 6 heteroatoms. The highest BCUT2D eigenvalue weighted by atomic mass is 32.1. The van der Waals surface area contributed by atoms with Gasteiger partial charge in [-0.1, -0.05) is 17.7 Å². The Morgan fingerprint density at radius 1 is 1.26 bits per heavy atom. The topological polar surface area (TPSA) is 59.8 Å². The summed E-state index contributed by atoms with van der Waals surface area (Å²) < 4.78 is 5.28. The fourth-order valence-corrected chi connectivity index (χ4v) is 4.89. The molecule has 2 heterocycles. The summed E-state index contributed by atoms with van der Waals surface area (Å²) in [5.74, 6) is -0.526. The zero-order valence-electron chi connectivity index (χ0n) is 16.4. The maximum atomic E-state index is 12.9. The van der Waals surface area contributed by atoms with Crippen LogP contribution in [-0.4, -0.2) is 31.6 Å². The van der Waals surface area contributed by atoms with Crippen LogP contribution < -0.4 is 10.2 Å². The van der Waals surface area contributed by atoms with Crippen molar-refractivity contribution in [1.82, 2.24) is 0 Å². The number of esters is 1. The first kappa shape index (κ1) is 19.6. The minimum Gasteiger partial charge on any atom is -0.462 e. The lowest BCUT2D eigenvalue weighted by atomic mass is 10.0. The van der Waals surface area contributed by atoms with Crippen LogP contribution in [0.1, 0.15) is 56.1 Å². The molecule has 0 saturated heterocycles. The first-order valence-corrected chi connectivity index (χ1v) is 10.3. The molecule has 1 aliphatic rings. The fraction of sp³-hybridized carbons (Fsp3) is 0.429. The average Bonchev–Trinajstić information content (AvgIpc) is 2.98. The summed E-state index contributed by atoms with van der Waals surface area (Å²) in [6.07, 6.45) is 0.836. The molecule has 0 saturated carbocycles. The highest BCUT2D eigenvalue weighted by molar-refractivity contribution is 7.17. The molecule has 0 fully saturated rings. The first-order chi connectivity index (χ1) is 12.9. The van der Waals surface area contributed by atoms with Gasteiger partial charge in [0.05, 0.1) is 30.1 Å². The maximum absolute atomic E-state index is 12.9. The van der Waals surface area contributed by atoms with Gasteiger partial charge in [-0.25, -0.2) is 4.79 Å². The molecule has 2 aromatic rings. The van der Waals surface area contributed by atoms with E-state index < -0.39 is 0 Å². The molecule has 0 spiro atoms. The Balaban J connectivity index is 1.95. The predicted molar refractivity (Wildman–Crippen MR) is 108 cm³/mol. The van der Waals surface area contributed by atoms with Gasteiger partial charge in [0.25, 0.3) is 5.91 Å². The number of benzene rings is 1. The van der Waals surface area contributed by atoms with Crippen LogP contribution in [0.5, 0.6) is 0 Å². The number of likely N-dealkylation sites (N-methyl/N-ethyl adjacent to an activating group) is 1. The Morgan fingerprint density at radius 2 is 2.04 bits per heavy atom. The van der Waals surface area contributed by atoms with Gasteiger partial charge in [0.2, 0.25) is 0 Å². The van der Waals surface area contributed by atoms with Gasteiger partial charge in [0, 0.05) is 12.0 Å². The molecule has 1 aromatic heterocycles. The van der Waals surface area contributed by atoms with Crippen molar-refractivity contribution in [1.29, 1.82) is 0 Å². The molecular formula is C21H27N2O3S+. The van der Waals surface area contributed by atoms with Gasteiger partial charge in [-0.3, -0.25) is 4.79 Å². The van der Waals surface area contributed by atoms with Crippen molar-refractivity contribution in [3.8, 4) is 0 Å². The van der Waals surface area contributed by atoms with Crippen molar-refractivity contribution in [2.45, 2.75) is 40.7 Å².